The first kappa shape index (κ1) is 14.4. The predicted octanol–water partition coefficient (Wildman–Crippen LogP) is 3.44. The number of ether oxygens (including phenoxy) is 1. The molecule has 1 heterocycles. The number of rotatable bonds is 2. The highest BCUT2D eigenvalue weighted by Crippen LogP contribution is 2.43. The highest BCUT2D eigenvalue weighted by atomic mass is 19.4. The zero-order valence-electron chi connectivity index (χ0n) is 11.3. The Morgan fingerprint density at radius 2 is 1.50 bits per heavy atom. The van der Waals surface area contributed by atoms with Crippen LogP contribution >= 0.6 is 0 Å². The van der Waals surface area contributed by atoms with Crippen molar-refractivity contribution in [2.45, 2.75) is 19.2 Å². The minimum atomic E-state index is -4.76. The van der Waals surface area contributed by atoms with Gasteiger partial charge in [0.1, 0.15) is 5.75 Å². The minimum Gasteiger partial charge on any atom is -0.494 e. The smallest absolute Gasteiger partial charge is 0.494 e. The number of hydrogen-bond acceptors (Lipinski definition) is 3. The Hall–Kier alpha value is -2.57. The summed E-state index contributed by atoms with van der Waals surface area (Å²) in [6, 6.07) is 4.88. The van der Waals surface area contributed by atoms with Gasteiger partial charge in [0, 0.05) is 11.1 Å². The van der Waals surface area contributed by atoms with E-state index in [0.29, 0.717) is 29.7 Å². The molecule has 0 fully saturated rings. The van der Waals surface area contributed by atoms with Gasteiger partial charge in [0.2, 0.25) is 11.8 Å². The van der Waals surface area contributed by atoms with Gasteiger partial charge in [0.25, 0.3) is 0 Å². The second-order valence-corrected chi connectivity index (χ2v) is 5.08. The monoisotopic (exact) mass is 311 g/mol. The molecular weight excluding hydrogens is 299 g/mol. The fraction of sp³-hybridized carbons (Fsp3) is 0.200. The highest BCUT2D eigenvalue weighted by Gasteiger charge is 2.31. The SMILES string of the molecule is C=C1Cc2c(c(O)n(-c3ccc(OC(F)(F)F)cc3)c2O)C1. The van der Waals surface area contributed by atoms with E-state index in [9.17, 15) is 23.4 Å². The number of aromatic nitrogens is 1. The van der Waals surface area contributed by atoms with Crippen LogP contribution in [0.25, 0.3) is 5.69 Å². The number of alkyl halides is 3. The molecule has 7 heteroatoms. The molecule has 0 unspecified atom stereocenters. The maximum Gasteiger partial charge on any atom is 0.573 e. The quantitative estimate of drug-likeness (QED) is 0.835. The molecule has 1 aliphatic carbocycles. The highest BCUT2D eigenvalue weighted by molar-refractivity contribution is 5.58. The number of hydrogen-bond donors (Lipinski definition) is 2. The summed E-state index contributed by atoms with van der Waals surface area (Å²) in [6.45, 7) is 3.82. The van der Waals surface area contributed by atoms with Crippen LogP contribution in [-0.2, 0) is 12.8 Å². The molecule has 0 spiro atoms. The lowest BCUT2D eigenvalue weighted by atomic mass is 10.2. The van der Waals surface area contributed by atoms with Crippen molar-refractivity contribution in [2.75, 3.05) is 0 Å². The zero-order chi connectivity index (χ0) is 16.1. The van der Waals surface area contributed by atoms with Crippen molar-refractivity contribution in [1.29, 1.82) is 0 Å². The molecule has 1 aliphatic rings. The molecule has 0 amide bonds. The summed E-state index contributed by atoms with van der Waals surface area (Å²) < 4.78 is 41.3. The first-order valence-electron chi connectivity index (χ1n) is 6.43. The number of benzene rings is 1. The van der Waals surface area contributed by atoms with E-state index < -0.39 is 6.36 Å². The Morgan fingerprint density at radius 1 is 1.00 bits per heavy atom. The molecule has 2 aromatic rings. The molecule has 0 radical (unpaired) electrons. The molecule has 116 valence electrons. The maximum absolute atomic E-state index is 12.1. The van der Waals surface area contributed by atoms with Crippen LogP contribution in [0, 0.1) is 0 Å². The Labute approximate surface area is 123 Å². The summed E-state index contributed by atoms with van der Waals surface area (Å²) in [6.07, 6.45) is -3.82. The van der Waals surface area contributed by atoms with Crippen LogP contribution in [-0.4, -0.2) is 21.1 Å². The van der Waals surface area contributed by atoms with Gasteiger partial charge >= 0.3 is 6.36 Å². The lowest BCUT2D eigenvalue weighted by molar-refractivity contribution is -0.274. The van der Waals surface area contributed by atoms with Crippen LogP contribution in [0.1, 0.15) is 11.1 Å². The van der Waals surface area contributed by atoms with Crippen molar-refractivity contribution >= 4 is 0 Å². The van der Waals surface area contributed by atoms with E-state index in [1.807, 2.05) is 0 Å². The van der Waals surface area contributed by atoms with E-state index in [2.05, 4.69) is 11.3 Å². The van der Waals surface area contributed by atoms with Gasteiger partial charge in [-0.15, -0.1) is 13.2 Å². The van der Waals surface area contributed by atoms with Crippen LogP contribution < -0.4 is 4.74 Å². The Kier molecular flexibility index (Phi) is 3.09. The zero-order valence-corrected chi connectivity index (χ0v) is 11.3. The number of halogens is 3. The second-order valence-electron chi connectivity index (χ2n) is 5.08. The molecule has 0 bridgehead atoms. The van der Waals surface area contributed by atoms with E-state index in [0.717, 1.165) is 17.7 Å². The van der Waals surface area contributed by atoms with Gasteiger partial charge in [-0.1, -0.05) is 12.2 Å². The normalized spacial score (nSPS) is 14.2. The van der Waals surface area contributed by atoms with Crippen LogP contribution in [0.15, 0.2) is 36.4 Å². The molecular formula is C15H12F3NO3. The van der Waals surface area contributed by atoms with Gasteiger partial charge in [-0.25, -0.2) is 0 Å². The average Bonchev–Trinajstić information content (AvgIpc) is 2.89. The summed E-state index contributed by atoms with van der Waals surface area (Å²) in [4.78, 5) is 0. The maximum atomic E-state index is 12.1. The van der Waals surface area contributed by atoms with Crippen LogP contribution in [0.5, 0.6) is 17.5 Å². The summed E-state index contributed by atoms with van der Waals surface area (Å²) >= 11 is 0. The summed E-state index contributed by atoms with van der Waals surface area (Å²) in [5.41, 5.74) is 2.41. The van der Waals surface area contributed by atoms with Crippen LogP contribution in [0.4, 0.5) is 13.2 Å². The van der Waals surface area contributed by atoms with E-state index in [4.69, 9.17) is 0 Å². The first-order chi connectivity index (χ1) is 10.3. The van der Waals surface area contributed by atoms with Crippen molar-refractivity contribution in [3.63, 3.8) is 0 Å². The van der Waals surface area contributed by atoms with Crippen molar-refractivity contribution in [1.82, 2.24) is 4.57 Å². The van der Waals surface area contributed by atoms with Crippen LogP contribution in [0.2, 0.25) is 0 Å². The number of fused-ring (bicyclic) bond motifs is 1. The van der Waals surface area contributed by atoms with Crippen LogP contribution in [0.3, 0.4) is 0 Å². The number of allylic oxidation sites excluding steroid dienone is 1. The Bertz CT molecular complexity index is 713. The van der Waals surface area contributed by atoms with Crippen molar-refractivity contribution in [3.8, 4) is 23.2 Å². The third-order valence-electron chi connectivity index (χ3n) is 3.51. The molecule has 22 heavy (non-hydrogen) atoms. The Balaban J connectivity index is 1.96. The van der Waals surface area contributed by atoms with Crippen molar-refractivity contribution in [3.05, 3.63) is 47.5 Å². The number of aromatic hydroxyl groups is 2. The lowest BCUT2D eigenvalue weighted by Gasteiger charge is -2.11. The fourth-order valence-electron chi connectivity index (χ4n) is 2.62. The number of nitrogens with zero attached hydrogens (tertiary/aromatic N) is 1. The van der Waals surface area contributed by atoms with Gasteiger partial charge in [-0.3, -0.25) is 4.57 Å². The fourth-order valence-corrected chi connectivity index (χ4v) is 2.62. The predicted molar refractivity (Wildman–Crippen MR) is 72.3 cm³/mol. The van der Waals surface area contributed by atoms with Gasteiger partial charge in [0.05, 0.1) is 5.69 Å². The molecule has 0 atom stereocenters. The van der Waals surface area contributed by atoms with E-state index in [1.165, 1.54) is 16.7 Å². The molecule has 0 saturated heterocycles. The van der Waals surface area contributed by atoms with Crippen molar-refractivity contribution in [2.24, 2.45) is 0 Å². The third kappa shape index (κ3) is 2.38. The topological polar surface area (TPSA) is 54.6 Å². The van der Waals surface area contributed by atoms with E-state index in [-0.39, 0.29) is 17.5 Å². The van der Waals surface area contributed by atoms with Gasteiger partial charge in [-0.2, -0.15) is 0 Å². The second kappa shape index (κ2) is 4.72. The summed E-state index contributed by atoms with van der Waals surface area (Å²) in [5.74, 6) is -0.630. The van der Waals surface area contributed by atoms with E-state index >= 15 is 0 Å². The van der Waals surface area contributed by atoms with Crippen molar-refractivity contribution < 1.29 is 28.1 Å². The van der Waals surface area contributed by atoms with Gasteiger partial charge < -0.3 is 14.9 Å². The third-order valence-corrected chi connectivity index (χ3v) is 3.51. The molecule has 4 nitrogen and oxygen atoms in total. The molecule has 0 aliphatic heterocycles. The minimum absolute atomic E-state index is 0.129. The first-order valence-corrected chi connectivity index (χ1v) is 6.43. The standard InChI is InChI=1S/C15H12F3NO3/c1-8-6-11-12(7-8)14(21)19(13(11)20)9-2-4-10(5-3-9)22-15(16,17)18/h2-5,20-21H,1,6-7H2. The largest absolute Gasteiger partial charge is 0.573 e. The molecule has 1 aromatic heterocycles. The lowest BCUT2D eigenvalue weighted by Crippen LogP contribution is -2.17. The molecule has 0 saturated carbocycles. The molecule has 2 N–H and O–H groups in total. The van der Waals surface area contributed by atoms with Gasteiger partial charge in [-0.05, 0) is 37.1 Å². The average molecular weight is 311 g/mol. The van der Waals surface area contributed by atoms with Gasteiger partial charge in [0.15, 0.2) is 0 Å². The summed E-state index contributed by atoms with van der Waals surface area (Å²) in [5, 5.41) is 20.4. The van der Waals surface area contributed by atoms with E-state index in [1.54, 1.807) is 0 Å². The molecule has 1 aromatic carbocycles. The Morgan fingerprint density at radius 3 is 1.95 bits per heavy atom. The molecule has 3 rings (SSSR count). The summed E-state index contributed by atoms with van der Waals surface area (Å²) in [7, 11) is 0.